The highest BCUT2D eigenvalue weighted by Gasteiger charge is 2.22. The lowest BCUT2D eigenvalue weighted by atomic mass is 10.1. The molecular weight excluding hydrogens is 238 g/mol. The normalized spacial score (nSPS) is 20.8. The maximum absolute atomic E-state index is 5.88. The van der Waals surface area contributed by atoms with Crippen LogP contribution in [-0.2, 0) is 4.74 Å². The van der Waals surface area contributed by atoms with Gasteiger partial charge < -0.3 is 9.47 Å². The van der Waals surface area contributed by atoms with E-state index in [2.05, 4.69) is 50.8 Å². The third-order valence-corrected chi connectivity index (χ3v) is 3.53. The summed E-state index contributed by atoms with van der Waals surface area (Å²) in [6, 6.07) is 6.89. The van der Waals surface area contributed by atoms with Crippen LogP contribution in [0.4, 0.5) is 0 Å². The second-order valence-electron chi connectivity index (χ2n) is 5.72. The zero-order valence-electron chi connectivity index (χ0n) is 12.5. The number of nitrogens with zero attached hydrogens (tertiary/aromatic N) is 1. The molecule has 0 amide bonds. The summed E-state index contributed by atoms with van der Waals surface area (Å²) in [7, 11) is 0. The average Bonchev–Trinajstić information content (AvgIpc) is 2.35. The Balaban J connectivity index is 1.87. The topological polar surface area (TPSA) is 21.7 Å². The molecule has 0 N–H and O–H groups in total. The summed E-state index contributed by atoms with van der Waals surface area (Å²) in [5.74, 6) is 0.947. The Bertz CT molecular complexity index is 397. The maximum Gasteiger partial charge on any atom is 0.119 e. The monoisotopic (exact) mass is 263 g/mol. The Morgan fingerprint density at radius 3 is 2.58 bits per heavy atom. The van der Waals surface area contributed by atoms with Crippen LogP contribution in [0.2, 0.25) is 0 Å². The van der Waals surface area contributed by atoms with E-state index in [-0.39, 0.29) is 6.10 Å². The molecule has 0 aliphatic carbocycles. The summed E-state index contributed by atoms with van der Waals surface area (Å²) in [5.41, 5.74) is 2.48. The highest BCUT2D eigenvalue weighted by molar-refractivity contribution is 5.32. The van der Waals surface area contributed by atoms with Crippen LogP contribution in [0.1, 0.15) is 25.0 Å². The van der Waals surface area contributed by atoms with Crippen LogP contribution in [0.15, 0.2) is 18.2 Å². The SMILES string of the molecule is Cc1cc(C)cc(OCC2CN(C(C)C)CCO2)c1. The van der Waals surface area contributed by atoms with Crippen molar-refractivity contribution in [1.29, 1.82) is 0 Å². The van der Waals surface area contributed by atoms with E-state index in [9.17, 15) is 0 Å². The molecule has 1 aromatic carbocycles. The van der Waals surface area contributed by atoms with Gasteiger partial charge in [0.2, 0.25) is 0 Å². The smallest absolute Gasteiger partial charge is 0.119 e. The van der Waals surface area contributed by atoms with E-state index >= 15 is 0 Å². The van der Waals surface area contributed by atoms with Gasteiger partial charge in [-0.2, -0.15) is 0 Å². The van der Waals surface area contributed by atoms with E-state index in [1.165, 1.54) is 11.1 Å². The first-order chi connectivity index (χ1) is 9.04. The van der Waals surface area contributed by atoms with E-state index in [1.54, 1.807) is 0 Å². The summed E-state index contributed by atoms with van der Waals surface area (Å²) >= 11 is 0. The number of hydrogen-bond donors (Lipinski definition) is 0. The maximum atomic E-state index is 5.88. The summed E-state index contributed by atoms with van der Waals surface area (Å²) in [6.07, 6.45) is 0.178. The first-order valence-corrected chi connectivity index (χ1v) is 7.11. The molecule has 1 atom stereocenters. The van der Waals surface area contributed by atoms with Crippen molar-refractivity contribution in [3.05, 3.63) is 29.3 Å². The molecule has 0 aromatic heterocycles. The summed E-state index contributed by atoms with van der Waals surface area (Å²) in [4.78, 5) is 2.44. The molecule has 0 bridgehead atoms. The zero-order valence-corrected chi connectivity index (χ0v) is 12.5. The molecule has 1 unspecified atom stereocenters. The molecule has 0 spiro atoms. The molecule has 1 aliphatic rings. The van der Waals surface area contributed by atoms with Crippen molar-refractivity contribution < 1.29 is 9.47 Å². The van der Waals surface area contributed by atoms with Gasteiger partial charge in [-0.3, -0.25) is 4.90 Å². The molecule has 1 saturated heterocycles. The summed E-state index contributed by atoms with van der Waals surface area (Å²) in [6.45, 7) is 12.1. The Morgan fingerprint density at radius 1 is 1.26 bits per heavy atom. The third-order valence-electron chi connectivity index (χ3n) is 3.53. The van der Waals surface area contributed by atoms with Gasteiger partial charge in [0, 0.05) is 19.1 Å². The summed E-state index contributed by atoms with van der Waals surface area (Å²) in [5, 5.41) is 0. The van der Waals surface area contributed by atoms with Crippen molar-refractivity contribution in [2.75, 3.05) is 26.3 Å². The van der Waals surface area contributed by atoms with Gasteiger partial charge in [0.1, 0.15) is 18.5 Å². The first kappa shape index (κ1) is 14.4. The van der Waals surface area contributed by atoms with Gasteiger partial charge in [0.05, 0.1) is 6.61 Å². The lowest BCUT2D eigenvalue weighted by Crippen LogP contribution is -2.47. The fraction of sp³-hybridized carbons (Fsp3) is 0.625. The third kappa shape index (κ3) is 4.22. The van der Waals surface area contributed by atoms with Gasteiger partial charge >= 0.3 is 0 Å². The predicted molar refractivity (Wildman–Crippen MR) is 77.9 cm³/mol. The molecule has 0 radical (unpaired) electrons. The number of benzene rings is 1. The lowest BCUT2D eigenvalue weighted by Gasteiger charge is -2.35. The van der Waals surface area contributed by atoms with Crippen LogP contribution >= 0.6 is 0 Å². The molecule has 3 heteroatoms. The van der Waals surface area contributed by atoms with Gasteiger partial charge in [0.15, 0.2) is 0 Å². The Hall–Kier alpha value is -1.06. The highest BCUT2D eigenvalue weighted by Crippen LogP contribution is 2.17. The van der Waals surface area contributed by atoms with Crippen LogP contribution in [-0.4, -0.2) is 43.3 Å². The number of rotatable bonds is 4. The Labute approximate surface area is 116 Å². The second-order valence-corrected chi connectivity index (χ2v) is 5.72. The van der Waals surface area contributed by atoms with Gasteiger partial charge in [0.25, 0.3) is 0 Å². The molecule has 1 heterocycles. The zero-order chi connectivity index (χ0) is 13.8. The number of morpholine rings is 1. The van der Waals surface area contributed by atoms with Gasteiger partial charge in [-0.05, 0) is 51.0 Å². The minimum Gasteiger partial charge on any atom is -0.491 e. The van der Waals surface area contributed by atoms with E-state index in [0.717, 1.165) is 25.4 Å². The van der Waals surface area contributed by atoms with Crippen molar-refractivity contribution in [2.24, 2.45) is 0 Å². The van der Waals surface area contributed by atoms with E-state index in [4.69, 9.17) is 9.47 Å². The van der Waals surface area contributed by atoms with Crippen LogP contribution in [0.3, 0.4) is 0 Å². The van der Waals surface area contributed by atoms with E-state index in [1.807, 2.05) is 0 Å². The molecular formula is C16H25NO2. The minimum absolute atomic E-state index is 0.178. The fourth-order valence-electron chi connectivity index (χ4n) is 2.52. The predicted octanol–water partition coefficient (Wildman–Crippen LogP) is 2.79. The molecule has 0 saturated carbocycles. The van der Waals surface area contributed by atoms with E-state index < -0.39 is 0 Å². The van der Waals surface area contributed by atoms with Crippen LogP contribution < -0.4 is 4.74 Å². The molecule has 1 aromatic rings. The van der Waals surface area contributed by atoms with Crippen LogP contribution in [0.25, 0.3) is 0 Å². The van der Waals surface area contributed by atoms with Gasteiger partial charge in [-0.1, -0.05) is 6.07 Å². The molecule has 3 nitrogen and oxygen atoms in total. The lowest BCUT2D eigenvalue weighted by molar-refractivity contribution is -0.0564. The molecule has 1 aliphatic heterocycles. The van der Waals surface area contributed by atoms with Gasteiger partial charge in [-0.25, -0.2) is 0 Å². The van der Waals surface area contributed by atoms with Crippen molar-refractivity contribution in [3.8, 4) is 5.75 Å². The van der Waals surface area contributed by atoms with Gasteiger partial charge in [-0.15, -0.1) is 0 Å². The fourth-order valence-corrected chi connectivity index (χ4v) is 2.52. The first-order valence-electron chi connectivity index (χ1n) is 7.11. The number of aryl methyl sites for hydroxylation is 2. The molecule has 1 fully saturated rings. The highest BCUT2D eigenvalue weighted by atomic mass is 16.5. The van der Waals surface area contributed by atoms with Crippen molar-refractivity contribution in [2.45, 2.75) is 39.8 Å². The Kier molecular flexibility index (Phi) is 4.83. The minimum atomic E-state index is 0.178. The average molecular weight is 263 g/mol. The number of hydrogen-bond acceptors (Lipinski definition) is 3. The van der Waals surface area contributed by atoms with Crippen LogP contribution in [0, 0.1) is 13.8 Å². The molecule has 106 valence electrons. The Morgan fingerprint density at radius 2 is 1.95 bits per heavy atom. The van der Waals surface area contributed by atoms with Crippen LogP contribution in [0.5, 0.6) is 5.75 Å². The number of ether oxygens (including phenoxy) is 2. The van der Waals surface area contributed by atoms with Crippen molar-refractivity contribution in [3.63, 3.8) is 0 Å². The molecule has 2 rings (SSSR count). The van der Waals surface area contributed by atoms with Crippen molar-refractivity contribution in [1.82, 2.24) is 4.90 Å². The quantitative estimate of drug-likeness (QED) is 0.834. The van der Waals surface area contributed by atoms with Crippen molar-refractivity contribution >= 4 is 0 Å². The standard InChI is InChI=1S/C16H25NO2/c1-12(2)17-5-6-18-16(10-17)11-19-15-8-13(3)7-14(4)9-15/h7-9,12,16H,5-6,10-11H2,1-4H3. The molecule has 19 heavy (non-hydrogen) atoms. The second kappa shape index (κ2) is 6.40. The summed E-state index contributed by atoms with van der Waals surface area (Å²) < 4.78 is 11.7. The largest absolute Gasteiger partial charge is 0.491 e. The van der Waals surface area contributed by atoms with E-state index in [0.29, 0.717) is 12.6 Å².